The molecule has 0 bridgehead atoms. The van der Waals surface area contributed by atoms with Crippen LogP contribution in [0.25, 0.3) is 10.2 Å². The molecule has 0 saturated heterocycles. The number of methoxy groups -OCH3 is 2. The number of thiazole rings is 1. The first-order valence-corrected chi connectivity index (χ1v) is 9.53. The summed E-state index contributed by atoms with van der Waals surface area (Å²) in [6, 6.07) is 8.98. The van der Waals surface area contributed by atoms with Gasteiger partial charge in [0.15, 0.2) is 4.80 Å². The number of nitrogens with zero attached hydrogens (tertiary/aromatic N) is 2. The van der Waals surface area contributed by atoms with Crippen LogP contribution in [-0.2, 0) is 16.1 Å². The Morgan fingerprint density at radius 1 is 1.20 bits per heavy atom. The summed E-state index contributed by atoms with van der Waals surface area (Å²) >= 11 is 5.96. The number of fused-ring (bicyclic) bond motifs is 1. The number of amides is 1. The minimum Gasteiger partial charge on any atom is -0.497 e. The second-order valence-electron chi connectivity index (χ2n) is 4.90. The van der Waals surface area contributed by atoms with Crippen molar-refractivity contribution >= 4 is 60.7 Å². The van der Waals surface area contributed by atoms with Crippen LogP contribution >= 0.6 is 38.6 Å². The Morgan fingerprint density at radius 2 is 2.00 bits per heavy atom. The molecular weight excluding hydrogens is 428 g/mol. The molecule has 6 nitrogen and oxygen atoms in total. The van der Waals surface area contributed by atoms with E-state index in [-0.39, 0.29) is 12.5 Å². The zero-order chi connectivity index (χ0) is 18.0. The van der Waals surface area contributed by atoms with Crippen molar-refractivity contribution in [2.45, 2.75) is 6.54 Å². The Balaban J connectivity index is 2.14. The van der Waals surface area contributed by atoms with Gasteiger partial charge in [-0.3, -0.25) is 9.59 Å². The number of rotatable bonds is 4. The molecule has 25 heavy (non-hydrogen) atoms. The molecule has 1 aromatic carbocycles. The minimum atomic E-state index is -0.414. The summed E-state index contributed by atoms with van der Waals surface area (Å²) in [6.07, 6.45) is 0. The molecule has 0 fully saturated rings. The van der Waals surface area contributed by atoms with E-state index in [9.17, 15) is 9.59 Å². The first-order valence-electron chi connectivity index (χ1n) is 7.10. The van der Waals surface area contributed by atoms with Gasteiger partial charge < -0.3 is 14.0 Å². The van der Waals surface area contributed by atoms with Gasteiger partial charge in [-0.2, -0.15) is 4.99 Å². The lowest BCUT2D eigenvalue weighted by atomic mass is 10.3. The summed E-state index contributed by atoms with van der Waals surface area (Å²) < 4.78 is 13.4. The summed E-state index contributed by atoms with van der Waals surface area (Å²) in [5, 5.41) is 0. The predicted molar refractivity (Wildman–Crippen MR) is 100 cm³/mol. The van der Waals surface area contributed by atoms with Crippen molar-refractivity contribution < 1.29 is 19.1 Å². The Labute approximate surface area is 159 Å². The molecular formula is C16H13BrN2O4S2. The van der Waals surface area contributed by atoms with Crippen molar-refractivity contribution in [2.24, 2.45) is 4.99 Å². The van der Waals surface area contributed by atoms with Crippen LogP contribution in [0.2, 0.25) is 0 Å². The highest BCUT2D eigenvalue weighted by Crippen LogP contribution is 2.24. The molecule has 1 amide bonds. The number of thiophene rings is 1. The molecule has 2 heterocycles. The van der Waals surface area contributed by atoms with Crippen LogP contribution in [0.3, 0.4) is 0 Å². The second-order valence-corrected chi connectivity index (χ2v) is 8.37. The van der Waals surface area contributed by atoms with Crippen molar-refractivity contribution in [3.05, 3.63) is 43.8 Å². The fraction of sp³-hybridized carbons (Fsp3) is 0.188. The molecule has 3 aromatic rings. The number of hydrogen-bond donors (Lipinski definition) is 0. The monoisotopic (exact) mass is 440 g/mol. The van der Waals surface area contributed by atoms with Crippen LogP contribution in [0, 0.1) is 0 Å². The third kappa shape index (κ3) is 3.83. The average Bonchev–Trinajstić information content (AvgIpc) is 3.18. The molecule has 0 radical (unpaired) electrons. The van der Waals surface area contributed by atoms with Crippen molar-refractivity contribution in [1.82, 2.24) is 4.57 Å². The smallest absolute Gasteiger partial charge is 0.325 e. The quantitative estimate of drug-likeness (QED) is 0.582. The first-order chi connectivity index (χ1) is 12.0. The number of carbonyl (C=O) groups is 2. The van der Waals surface area contributed by atoms with E-state index in [1.54, 1.807) is 29.9 Å². The molecule has 3 rings (SSSR count). The van der Waals surface area contributed by atoms with E-state index < -0.39 is 5.97 Å². The molecule has 0 aliphatic rings. The van der Waals surface area contributed by atoms with Crippen LogP contribution in [0.15, 0.2) is 39.1 Å². The van der Waals surface area contributed by atoms with Crippen molar-refractivity contribution in [3.63, 3.8) is 0 Å². The van der Waals surface area contributed by atoms with Crippen LogP contribution in [0.5, 0.6) is 5.75 Å². The zero-order valence-electron chi connectivity index (χ0n) is 13.3. The maximum Gasteiger partial charge on any atom is 0.325 e. The molecule has 0 spiro atoms. The summed E-state index contributed by atoms with van der Waals surface area (Å²) in [7, 11) is 2.91. The average molecular weight is 441 g/mol. The lowest BCUT2D eigenvalue weighted by Gasteiger charge is -2.04. The lowest BCUT2D eigenvalue weighted by molar-refractivity contribution is -0.141. The summed E-state index contributed by atoms with van der Waals surface area (Å²) in [4.78, 5) is 29.3. The normalized spacial score (nSPS) is 11.7. The largest absolute Gasteiger partial charge is 0.497 e. The van der Waals surface area contributed by atoms with Gasteiger partial charge in [0.05, 0.1) is 33.1 Å². The molecule has 0 N–H and O–H groups in total. The number of hydrogen-bond acceptors (Lipinski definition) is 6. The van der Waals surface area contributed by atoms with Crippen molar-refractivity contribution in [2.75, 3.05) is 14.2 Å². The molecule has 9 heteroatoms. The van der Waals surface area contributed by atoms with Gasteiger partial charge in [-0.25, -0.2) is 0 Å². The van der Waals surface area contributed by atoms with Gasteiger partial charge in [0.1, 0.15) is 12.3 Å². The zero-order valence-corrected chi connectivity index (χ0v) is 16.5. The summed E-state index contributed by atoms with van der Waals surface area (Å²) in [6.45, 7) is -0.0247. The molecule has 0 atom stereocenters. The Morgan fingerprint density at radius 3 is 2.64 bits per heavy atom. The number of esters is 1. The number of carbonyl (C=O) groups excluding carboxylic acids is 2. The molecule has 0 unspecified atom stereocenters. The third-order valence-corrected chi connectivity index (χ3v) is 6.04. The number of ether oxygens (including phenoxy) is 2. The van der Waals surface area contributed by atoms with E-state index in [0.29, 0.717) is 15.4 Å². The summed E-state index contributed by atoms with van der Waals surface area (Å²) in [5.74, 6) is -0.0739. The third-order valence-electron chi connectivity index (χ3n) is 3.39. The predicted octanol–water partition coefficient (Wildman–Crippen LogP) is 3.45. The highest BCUT2D eigenvalue weighted by molar-refractivity contribution is 9.11. The van der Waals surface area contributed by atoms with Crippen LogP contribution in [0.4, 0.5) is 0 Å². The van der Waals surface area contributed by atoms with Gasteiger partial charge >= 0.3 is 5.97 Å². The fourth-order valence-electron chi connectivity index (χ4n) is 2.18. The SMILES string of the molecule is COC(=O)Cn1c(=NC(=O)c2ccc(Br)s2)sc2cc(OC)ccc21. The molecule has 130 valence electrons. The maximum absolute atomic E-state index is 12.4. The van der Waals surface area contributed by atoms with Crippen molar-refractivity contribution in [1.29, 1.82) is 0 Å². The van der Waals surface area contributed by atoms with Crippen LogP contribution in [-0.4, -0.2) is 30.7 Å². The van der Waals surface area contributed by atoms with Crippen molar-refractivity contribution in [3.8, 4) is 5.75 Å². The minimum absolute atomic E-state index is 0.0247. The molecule has 0 saturated carbocycles. The van der Waals surface area contributed by atoms with E-state index >= 15 is 0 Å². The Kier molecular flexibility index (Phi) is 5.36. The Hall–Kier alpha value is -1.97. The Bertz CT molecular complexity index is 1020. The first kappa shape index (κ1) is 17.8. The second kappa shape index (κ2) is 7.51. The molecule has 0 aliphatic carbocycles. The summed E-state index contributed by atoms with van der Waals surface area (Å²) in [5.41, 5.74) is 0.787. The van der Waals surface area contributed by atoms with Crippen LogP contribution < -0.4 is 9.54 Å². The van der Waals surface area contributed by atoms with Gasteiger partial charge in [-0.05, 0) is 46.3 Å². The molecule has 0 aliphatic heterocycles. The van der Waals surface area contributed by atoms with Crippen LogP contribution in [0.1, 0.15) is 9.67 Å². The molecule has 2 aromatic heterocycles. The maximum atomic E-state index is 12.4. The standard InChI is InChI=1S/C16H13BrN2O4S2/c1-22-9-3-4-10-12(7-9)25-16(19(10)8-14(20)23-2)18-15(21)11-5-6-13(17)24-11/h3-7H,8H2,1-2H3. The van der Waals surface area contributed by atoms with Gasteiger partial charge in [-0.15, -0.1) is 11.3 Å². The van der Waals surface area contributed by atoms with E-state index in [2.05, 4.69) is 20.9 Å². The van der Waals surface area contributed by atoms with E-state index in [1.807, 2.05) is 12.1 Å². The lowest BCUT2D eigenvalue weighted by Crippen LogP contribution is -2.22. The highest BCUT2D eigenvalue weighted by atomic mass is 79.9. The fourth-order valence-corrected chi connectivity index (χ4v) is 4.51. The number of benzene rings is 1. The highest BCUT2D eigenvalue weighted by Gasteiger charge is 2.14. The van der Waals surface area contributed by atoms with E-state index in [4.69, 9.17) is 9.47 Å². The topological polar surface area (TPSA) is 69.9 Å². The van der Waals surface area contributed by atoms with Gasteiger partial charge in [0, 0.05) is 0 Å². The van der Waals surface area contributed by atoms with Gasteiger partial charge in [0.2, 0.25) is 0 Å². The van der Waals surface area contributed by atoms with E-state index in [0.717, 1.165) is 14.0 Å². The number of aromatic nitrogens is 1. The van der Waals surface area contributed by atoms with Gasteiger partial charge in [-0.1, -0.05) is 11.3 Å². The number of halogens is 1. The van der Waals surface area contributed by atoms with E-state index in [1.165, 1.54) is 29.8 Å². The van der Waals surface area contributed by atoms with Gasteiger partial charge in [0.25, 0.3) is 5.91 Å².